The predicted octanol–water partition coefficient (Wildman–Crippen LogP) is 3.13. The van der Waals surface area contributed by atoms with E-state index in [-0.39, 0.29) is 12.5 Å². The molecule has 2 rings (SSSR count). The highest BCUT2D eigenvalue weighted by Gasteiger charge is 2.05. The molecular formula is C15H15BrN2O3. The average Bonchev–Trinajstić information content (AvgIpc) is 2.99. The SMILES string of the molecule is CCc1ccc(OCC(=O)N/N=C/c2ccco2)c(Br)c1. The van der Waals surface area contributed by atoms with E-state index in [0.29, 0.717) is 11.5 Å². The molecule has 0 spiro atoms. The molecular weight excluding hydrogens is 336 g/mol. The number of rotatable bonds is 6. The zero-order valence-corrected chi connectivity index (χ0v) is 13.1. The lowest BCUT2D eigenvalue weighted by Gasteiger charge is -2.08. The number of benzene rings is 1. The molecule has 110 valence electrons. The van der Waals surface area contributed by atoms with Gasteiger partial charge >= 0.3 is 0 Å². The van der Waals surface area contributed by atoms with Crippen molar-refractivity contribution in [2.75, 3.05) is 6.61 Å². The first-order valence-electron chi connectivity index (χ1n) is 6.45. The van der Waals surface area contributed by atoms with Crippen molar-refractivity contribution in [2.24, 2.45) is 5.10 Å². The van der Waals surface area contributed by atoms with Gasteiger partial charge in [-0.05, 0) is 52.2 Å². The van der Waals surface area contributed by atoms with Crippen molar-refractivity contribution in [1.29, 1.82) is 0 Å². The van der Waals surface area contributed by atoms with Gasteiger partial charge in [-0.1, -0.05) is 13.0 Å². The number of nitrogens with one attached hydrogen (secondary N) is 1. The number of halogens is 1. The molecule has 1 N–H and O–H groups in total. The smallest absolute Gasteiger partial charge is 0.277 e. The molecule has 0 atom stereocenters. The quantitative estimate of drug-likeness (QED) is 0.642. The van der Waals surface area contributed by atoms with E-state index >= 15 is 0 Å². The zero-order valence-electron chi connectivity index (χ0n) is 11.5. The first-order chi connectivity index (χ1) is 10.2. The molecule has 0 radical (unpaired) electrons. The first-order valence-corrected chi connectivity index (χ1v) is 7.25. The summed E-state index contributed by atoms with van der Waals surface area (Å²) in [5.41, 5.74) is 3.56. The number of nitrogens with zero attached hydrogens (tertiary/aromatic N) is 1. The highest BCUT2D eigenvalue weighted by atomic mass is 79.9. The van der Waals surface area contributed by atoms with Gasteiger partial charge in [0.2, 0.25) is 0 Å². The summed E-state index contributed by atoms with van der Waals surface area (Å²) in [5.74, 6) is 0.843. The summed E-state index contributed by atoms with van der Waals surface area (Å²) >= 11 is 3.42. The Morgan fingerprint density at radius 1 is 1.48 bits per heavy atom. The van der Waals surface area contributed by atoms with Crippen molar-refractivity contribution < 1.29 is 13.9 Å². The summed E-state index contributed by atoms with van der Waals surface area (Å²) in [7, 11) is 0. The van der Waals surface area contributed by atoms with Crippen molar-refractivity contribution >= 4 is 28.1 Å². The summed E-state index contributed by atoms with van der Waals surface area (Å²) in [6.07, 6.45) is 3.90. The van der Waals surface area contributed by atoms with Gasteiger partial charge in [0.25, 0.3) is 5.91 Å². The second kappa shape index (κ2) is 7.64. The van der Waals surface area contributed by atoms with Gasteiger partial charge < -0.3 is 9.15 Å². The predicted molar refractivity (Wildman–Crippen MR) is 83.5 cm³/mol. The van der Waals surface area contributed by atoms with E-state index in [0.717, 1.165) is 10.9 Å². The van der Waals surface area contributed by atoms with Crippen LogP contribution >= 0.6 is 15.9 Å². The van der Waals surface area contributed by atoms with Crippen LogP contribution in [0.5, 0.6) is 5.75 Å². The van der Waals surface area contributed by atoms with Crippen molar-refractivity contribution in [3.63, 3.8) is 0 Å². The largest absolute Gasteiger partial charge is 0.483 e. The number of carbonyl (C=O) groups excluding carboxylic acids is 1. The summed E-state index contributed by atoms with van der Waals surface area (Å²) in [6.45, 7) is 1.96. The maximum atomic E-state index is 11.6. The molecule has 0 bridgehead atoms. The normalized spacial score (nSPS) is 10.8. The second-order valence-electron chi connectivity index (χ2n) is 4.22. The summed E-state index contributed by atoms with van der Waals surface area (Å²) in [4.78, 5) is 11.6. The molecule has 0 aliphatic heterocycles. The number of aryl methyl sites for hydroxylation is 1. The van der Waals surface area contributed by atoms with Gasteiger partial charge in [-0.2, -0.15) is 5.10 Å². The zero-order chi connectivity index (χ0) is 15.1. The molecule has 2 aromatic rings. The molecule has 0 aliphatic carbocycles. The molecule has 0 saturated heterocycles. The maximum absolute atomic E-state index is 11.6. The third-order valence-electron chi connectivity index (χ3n) is 2.69. The Bertz CT molecular complexity index is 624. The summed E-state index contributed by atoms with van der Waals surface area (Å²) in [5, 5.41) is 3.77. The highest BCUT2D eigenvalue weighted by molar-refractivity contribution is 9.10. The van der Waals surface area contributed by atoms with Crippen molar-refractivity contribution in [3.05, 3.63) is 52.4 Å². The first kappa shape index (κ1) is 15.3. The number of amides is 1. The van der Waals surface area contributed by atoms with E-state index in [4.69, 9.17) is 9.15 Å². The Labute approximate surface area is 131 Å². The van der Waals surface area contributed by atoms with Crippen LogP contribution in [0.3, 0.4) is 0 Å². The Morgan fingerprint density at radius 2 is 2.33 bits per heavy atom. The lowest BCUT2D eigenvalue weighted by molar-refractivity contribution is -0.123. The third kappa shape index (κ3) is 4.75. The summed E-state index contributed by atoms with van der Waals surface area (Å²) < 4.78 is 11.3. The lowest BCUT2D eigenvalue weighted by atomic mass is 10.2. The molecule has 1 amide bonds. The highest BCUT2D eigenvalue weighted by Crippen LogP contribution is 2.26. The number of hydrazone groups is 1. The van der Waals surface area contributed by atoms with Gasteiger partial charge in [0, 0.05) is 0 Å². The molecule has 0 saturated carbocycles. The number of carbonyl (C=O) groups is 1. The Balaban J connectivity index is 1.81. The standard InChI is InChI=1S/C15H15BrN2O3/c1-2-11-5-6-14(13(16)8-11)21-10-15(19)18-17-9-12-4-3-7-20-12/h3-9H,2,10H2,1H3,(H,18,19)/b17-9+. The van der Waals surface area contributed by atoms with Gasteiger partial charge in [0.05, 0.1) is 17.0 Å². The van der Waals surface area contributed by atoms with Gasteiger partial charge in [-0.25, -0.2) is 5.43 Å². The van der Waals surface area contributed by atoms with Crippen LogP contribution in [0.15, 0.2) is 50.6 Å². The van der Waals surface area contributed by atoms with E-state index in [2.05, 4.69) is 33.4 Å². The number of hydrogen-bond acceptors (Lipinski definition) is 4. The van der Waals surface area contributed by atoms with Crippen LogP contribution in [-0.4, -0.2) is 18.7 Å². The minimum Gasteiger partial charge on any atom is -0.483 e. The van der Waals surface area contributed by atoms with Crippen molar-refractivity contribution in [2.45, 2.75) is 13.3 Å². The Morgan fingerprint density at radius 3 is 3.00 bits per heavy atom. The Hall–Kier alpha value is -2.08. The molecule has 0 aliphatic rings. The van der Waals surface area contributed by atoms with Crippen LogP contribution in [-0.2, 0) is 11.2 Å². The van der Waals surface area contributed by atoms with E-state index in [1.165, 1.54) is 18.0 Å². The number of furan rings is 1. The molecule has 1 aromatic heterocycles. The van der Waals surface area contributed by atoms with Crippen LogP contribution in [0.2, 0.25) is 0 Å². The molecule has 5 nitrogen and oxygen atoms in total. The fraction of sp³-hybridized carbons (Fsp3) is 0.200. The van der Waals surface area contributed by atoms with Gasteiger partial charge in [0.15, 0.2) is 6.61 Å². The van der Waals surface area contributed by atoms with E-state index in [1.807, 2.05) is 18.2 Å². The third-order valence-corrected chi connectivity index (χ3v) is 3.31. The molecule has 0 fully saturated rings. The van der Waals surface area contributed by atoms with Crippen LogP contribution in [0.4, 0.5) is 0 Å². The van der Waals surface area contributed by atoms with Crippen molar-refractivity contribution in [1.82, 2.24) is 5.43 Å². The molecule has 0 unspecified atom stereocenters. The number of ether oxygens (including phenoxy) is 1. The topological polar surface area (TPSA) is 63.8 Å². The summed E-state index contributed by atoms with van der Waals surface area (Å²) in [6, 6.07) is 9.25. The van der Waals surface area contributed by atoms with Crippen LogP contribution in [0.25, 0.3) is 0 Å². The fourth-order valence-electron chi connectivity index (χ4n) is 1.59. The number of hydrogen-bond donors (Lipinski definition) is 1. The minimum absolute atomic E-state index is 0.112. The minimum atomic E-state index is -0.343. The van der Waals surface area contributed by atoms with Gasteiger partial charge in [0.1, 0.15) is 11.5 Å². The van der Waals surface area contributed by atoms with Crippen LogP contribution < -0.4 is 10.2 Å². The Kier molecular flexibility index (Phi) is 5.57. The fourth-order valence-corrected chi connectivity index (χ4v) is 2.13. The second-order valence-corrected chi connectivity index (χ2v) is 5.07. The maximum Gasteiger partial charge on any atom is 0.277 e. The average molecular weight is 351 g/mol. The lowest BCUT2D eigenvalue weighted by Crippen LogP contribution is -2.24. The van der Waals surface area contributed by atoms with E-state index < -0.39 is 0 Å². The van der Waals surface area contributed by atoms with E-state index in [1.54, 1.807) is 12.1 Å². The van der Waals surface area contributed by atoms with Crippen LogP contribution in [0, 0.1) is 0 Å². The van der Waals surface area contributed by atoms with Crippen LogP contribution in [0.1, 0.15) is 18.2 Å². The van der Waals surface area contributed by atoms with Gasteiger partial charge in [-0.15, -0.1) is 0 Å². The molecule has 1 aromatic carbocycles. The molecule has 21 heavy (non-hydrogen) atoms. The molecule has 1 heterocycles. The van der Waals surface area contributed by atoms with E-state index in [9.17, 15) is 4.79 Å². The van der Waals surface area contributed by atoms with Crippen molar-refractivity contribution in [3.8, 4) is 5.75 Å². The molecule has 6 heteroatoms. The van der Waals surface area contributed by atoms with Gasteiger partial charge in [-0.3, -0.25) is 4.79 Å². The monoisotopic (exact) mass is 350 g/mol.